The van der Waals surface area contributed by atoms with Gasteiger partial charge in [-0.2, -0.15) is 0 Å². The molecule has 0 spiro atoms. The molecule has 0 radical (unpaired) electrons. The third-order valence-corrected chi connectivity index (χ3v) is 6.08. The third kappa shape index (κ3) is 4.44. The summed E-state index contributed by atoms with van der Waals surface area (Å²) in [6.45, 7) is 2.94. The molecule has 168 valence electrons. The lowest BCUT2D eigenvalue weighted by atomic mass is 9.89. The van der Waals surface area contributed by atoms with Crippen LogP contribution >= 0.6 is 0 Å². The number of carboxylic acids is 1. The highest BCUT2D eigenvalue weighted by Gasteiger charge is 2.21. The Hall–Kier alpha value is -3.42. The predicted molar refractivity (Wildman–Crippen MR) is 124 cm³/mol. The van der Waals surface area contributed by atoms with Gasteiger partial charge in [0.05, 0.1) is 0 Å². The lowest BCUT2D eigenvalue weighted by Gasteiger charge is -2.22. The van der Waals surface area contributed by atoms with Gasteiger partial charge in [0.25, 0.3) is 5.56 Å². The van der Waals surface area contributed by atoms with Crippen molar-refractivity contribution in [2.24, 2.45) is 5.92 Å². The van der Waals surface area contributed by atoms with Crippen LogP contribution in [-0.2, 0) is 17.9 Å². The molecule has 0 atom stereocenters. The van der Waals surface area contributed by atoms with Crippen molar-refractivity contribution in [1.82, 2.24) is 19.1 Å². The largest absolute Gasteiger partial charge is 0.478 e. The fraction of sp³-hybridized carbons (Fsp3) is 0.417. The van der Waals surface area contributed by atoms with Crippen LogP contribution in [0.25, 0.3) is 28.6 Å². The maximum absolute atomic E-state index is 13.2. The number of aromatic nitrogens is 4. The molecular formula is C24H28N4O4. The highest BCUT2D eigenvalue weighted by molar-refractivity contribution is 5.85. The van der Waals surface area contributed by atoms with Crippen LogP contribution in [0.2, 0.25) is 0 Å². The normalized spacial score (nSPS) is 15.0. The zero-order chi connectivity index (χ0) is 22.7. The van der Waals surface area contributed by atoms with Gasteiger partial charge in [-0.25, -0.2) is 14.6 Å². The number of hydrogen-bond acceptors (Lipinski definition) is 4. The van der Waals surface area contributed by atoms with Crippen LogP contribution in [0.1, 0.15) is 51.0 Å². The van der Waals surface area contributed by atoms with Gasteiger partial charge in [0.2, 0.25) is 0 Å². The first-order valence-electron chi connectivity index (χ1n) is 11.2. The van der Waals surface area contributed by atoms with Crippen LogP contribution in [-0.4, -0.2) is 30.2 Å². The Kier molecular flexibility index (Phi) is 6.39. The number of aliphatic carboxylic acids is 1. The Balaban J connectivity index is 1.76. The fourth-order valence-corrected chi connectivity index (χ4v) is 4.44. The summed E-state index contributed by atoms with van der Waals surface area (Å²) >= 11 is 0. The molecule has 2 N–H and O–H groups in total. The Bertz CT molecular complexity index is 1260. The summed E-state index contributed by atoms with van der Waals surface area (Å²) in [5.74, 6) is -0.151. The summed E-state index contributed by atoms with van der Waals surface area (Å²) in [5.41, 5.74) is 1.60. The van der Waals surface area contributed by atoms with E-state index in [1.54, 1.807) is 16.7 Å². The van der Waals surface area contributed by atoms with Gasteiger partial charge in [-0.1, -0.05) is 50.5 Å². The Morgan fingerprint density at radius 3 is 2.53 bits per heavy atom. The maximum atomic E-state index is 13.2. The number of hydrogen-bond donors (Lipinski definition) is 2. The number of carbonyl (C=O) groups is 1. The number of imidazole rings is 1. The molecule has 2 aromatic heterocycles. The first-order valence-corrected chi connectivity index (χ1v) is 11.2. The van der Waals surface area contributed by atoms with Crippen molar-refractivity contribution in [3.8, 4) is 11.4 Å². The standard InChI is InChI=1S/C24H28N4O4/c1-2-14-27-22-20(23(31)28(24(27)32)15-17-6-4-3-5-7-17)25-21(26-22)18-11-8-16(9-12-18)10-13-19(29)30/h8-13,17H,2-7,14-15H2,1H3,(H,25,26)(H,29,30)/b13-10+. The van der Waals surface area contributed by atoms with E-state index in [1.165, 1.54) is 17.1 Å². The van der Waals surface area contributed by atoms with Gasteiger partial charge in [-0.15, -0.1) is 0 Å². The van der Waals surface area contributed by atoms with Gasteiger partial charge in [0.15, 0.2) is 5.52 Å². The molecule has 1 aromatic carbocycles. The van der Waals surface area contributed by atoms with E-state index in [1.807, 2.05) is 19.1 Å². The minimum absolute atomic E-state index is 0.277. The monoisotopic (exact) mass is 436 g/mol. The predicted octanol–water partition coefficient (Wildman–Crippen LogP) is 3.64. The van der Waals surface area contributed by atoms with Gasteiger partial charge >= 0.3 is 11.7 Å². The second kappa shape index (κ2) is 9.38. The number of H-pyrrole nitrogens is 1. The number of fused-ring (bicyclic) bond motifs is 1. The summed E-state index contributed by atoms with van der Waals surface area (Å²) in [4.78, 5) is 44.9. The molecule has 32 heavy (non-hydrogen) atoms. The molecule has 4 rings (SSSR count). The highest BCUT2D eigenvalue weighted by atomic mass is 16.4. The van der Waals surface area contributed by atoms with E-state index in [2.05, 4.69) is 9.97 Å². The SMILES string of the molecule is CCCn1c(=O)n(CC2CCCCC2)c(=O)c2nc(-c3ccc(/C=C/C(=O)O)cc3)[nH]c21. The number of aryl methyl sites for hydroxylation is 1. The summed E-state index contributed by atoms with van der Waals surface area (Å²) in [6, 6.07) is 7.18. The van der Waals surface area contributed by atoms with E-state index < -0.39 is 5.97 Å². The molecule has 0 amide bonds. The number of nitrogens with zero attached hydrogens (tertiary/aromatic N) is 3. The molecule has 2 heterocycles. The van der Waals surface area contributed by atoms with Gasteiger partial charge in [0, 0.05) is 24.7 Å². The third-order valence-electron chi connectivity index (χ3n) is 6.08. The molecule has 0 unspecified atom stereocenters. The van der Waals surface area contributed by atoms with E-state index in [-0.39, 0.29) is 16.8 Å². The average molecular weight is 437 g/mol. The zero-order valence-corrected chi connectivity index (χ0v) is 18.2. The summed E-state index contributed by atoms with van der Waals surface area (Å²) in [7, 11) is 0. The van der Waals surface area contributed by atoms with Crippen molar-refractivity contribution >= 4 is 23.2 Å². The maximum Gasteiger partial charge on any atom is 0.332 e. The van der Waals surface area contributed by atoms with Gasteiger partial charge in [-0.3, -0.25) is 13.9 Å². The van der Waals surface area contributed by atoms with Crippen LogP contribution < -0.4 is 11.2 Å². The summed E-state index contributed by atoms with van der Waals surface area (Å²) < 4.78 is 3.00. The van der Waals surface area contributed by atoms with E-state index >= 15 is 0 Å². The quantitative estimate of drug-likeness (QED) is 0.550. The molecular weight excluding hydrogens is 408 g/mol. The molecule has 1 aliphatic rings. The number of benzene rings is 1. The molecule has 1 saturated carbocycles. The molecule has 8 nitrogen and oxygen atoms in total. The van der Waals surface area contributed by atoms with Crippen molar-refractivity contribution in [2.75, 3.05) is 0 Å². The fourth-order valence-electron chi connectivity index (χ4n) is 4.44. The first kappa shape index (κ1) is 21.8. The first-order chi connectivity index (χ1) is 15.5. The van der Waals surface area contributed by atoms with Crippen LogP contribution in [0.5, 0.6) is 0 Å². The molecule has 3 aromatic rings. The summed E-state index contributed by atoms with van der Waals surface area (Å²) in [5, 5.41) is 8.77. The lowest BCUT2D eigenvalue weighted by Crippen LogP contribution is -2.41. The lowest BCUT2D eigenvalue weighted by molar-refractivity contribution is -0.131. The van der Waals surface area contributed by atoms with Crippen molar-refractivity contribution in [1.29, 1.82) is 0 Å². The molecule has 1 aliphatic carbocycles. The minimum Gasteiger partial charge on any atom is -0.478 e. The van der Waals surface area contributed by atoms with Gasteiger partial charge in [0.1, 0.15) is 11.5 Å². The number of carboxylic acid groups (broad SMARTS) is 1. The Morgan fingerprint density at radius 1 is 1.16 bits per heavy atom. The van der Waals surface area contributed by atoms with Crippen molar-refractivity contribution in [3.05, 3.63) is 56.7 Å². The topological polar surface area (TPSA) is 110 Å². The number of aromatic amines is 1. The molecule has 0 saturated heterocycles. The van der Waals surface area contributed by atoms with Crippen molar-refractivity contribution in [3.63, 3.8) is 0 Å². The van der Waals surface area contributed by atoms with Crippen LogP contribution in [0, 0.1) is 5.92 Å². The minimum atomic E-state index is -1.01. The number of rotatable bonds is 7. The van der Waals surface area contributed by atoms with E-state index in [4.69, 9.17) is 5.11 Å². The van der Waals surface area contributed by atoms with Crippen molar-refractivity contribution < 1.29 is 9.90 Å². The van der Waals surface area contributed by atoms with E-state index in [0.717, 1.165) is 49.3 Å². The van der Waals surface area contributed by atoms with Crippen molar-refractivity contribution in [2.45, 2.75) is 58.5 Å². The van der Waals surface area contributed by atoms with Gasteiger partial charge in [-0.05, 0) is 36.8 Å². The van der Waals surface area contributed by atoms with Gasteiger partial charge < -0.3 is 10.1 Å². The highest BCUT2D eigenvalue weighted by Crippen LogP contribution is 2.25. The Labute approximate surface area is 185 Å². The molecule has 1 fully saturated rings. The number of nitrogens with one attached hydrogen (secondary N) is 1. The molecule has 8 heteroatoms. The van der Waals surface area contributed by atoms with Crippen LogP contribution in [0.15, 0.2) is 39.9 Å². The zero-order valence-electron chi connectivity index (χ0n) is 18.2. The second-order valence-electron chi connectivity index (χ2n) is 8.43. The second-order valence-corrected chi connectivity index (χ2v) is 8.43. The average Bonchev–Trinajstić information content (AvgIpc) is 3.25. The summed E-state index contributed by atoms with van der Waals surface area (Å²) in [6.07, 6.45) is 8.96. The van der Waals surface area contributed by atoms with E-state index in [0.29, 0.717) is 30.5 Å². The van der Waals surface area contributed by atoms with Crippen LogP contribution in [0.4, 0.5) is 0 Å². The molecule has 0 aliphatic heterocycles. The molecule has 0 bridgehead atoms. The Morgan fingerprint density at radius 2 is 1.88 bits per heavy atom. The smallest absolute Gasteiger partial charge is 0.332 e. The van der Waals surface area contributed by atoms with E-state index in [9.17, 15) is 14.4 Å². The van der Waals surface area contributed by atoms with Crippen LogP contribution in [0.3, 0.4) is 0 Å².